The van der Waals surface area contributed by atoms with Gasteiger partial charge in [0.2, 0.25) is 5.88 Å². The number of hydrogen-bond acceptors (Lipinski definition) is 5. The van der Waals surface area contributed by atoms with Gasteiger partial charge in [-0.3, -0.25) is 4.68 Å². The van der Waals surface area contributed by atoms with Crippen molar-refractivity contribution < 1.29 is 14.6 Å². The van der Waals surface area contributed by atoms with Crippen molar-refractivity contribution in [2.45, 2.75) is 25.9 Å². The van der Waals surface area contributed by atoms with E-state index in [9.17, 15) is 4.79 Å². The maximum absolute atomic E-state index is 11.1. The molecule has 8 heteroatoms. The SMILES string of the molecule is Cc1nn(C)cc1-c1ccc(O[C@@H]2C[C@@H]3CN(C(=O)O)C[C@@H]3C2)nn1. The number of fused-ring (bicyclic) bond motifs is 1. The Bertz CT molecular complexity index is 774. The minimum atomic E-state index is -0.820. The van der Waals surface area contributed by atoms with Gasteiger partial charge in [-0.1, -0.05) is 0 Å². The molecule has 8 nitrogen and oxygen atoms in total. The number of nitrogens with zero attached hydrogens (tertiary/aromatic N) is 5. The monoisotopic (exact) mass is 343 g/mol. The summed E-state index contributed by atoms with van der Waals surface area (Å²) < 4.78 is 7.73. The Morgan fingerprint density at radius 3 is 2.48 bits per heavy atom. The van der Waals surface area contributed by atoms with E-state index in [-0.39, 0.29) is 6.10 Å². The first-order valence-electron chi connectivity index (χ1n) is 8.48. The Morgan fingerprint density at radius 1 is 1.24 bits per heavy atom. The molecule has 2 aromatic rings. The number of aromatic nitrogens is 4. The van der Waals surface area contributed by atoms with E-state index in [0.717, 1.165) is 29.8 Å². The second-order valence-corrected chi connectivity index (χ2v) is 6.98. The summed E-state index contributed by atoms with van der Waals surface area (Å²) in [7, 11) is 1.88. The smallest absolute Gasteiger partial charge is 0.407 e. The first kappa shape index (κ1) is 15.9. The van der Waals surface area contributed by atoms with Crippen molar-refractivity contribution in [3.05, 3.63) is 24.0 Å². The Labute approximate surface area is 145 Å². The highest BCUT2D eigenvalue weighted by Gasteiger charge is 2.43. The predicted octanol–water partition coefficient (Wildman–Crippen LogP) is 1.95. The van der Waals surface area contributed by atoms with E-state index < -0.39 is 6.09 Å². The van der Waals surface area contributed by atoms with Crippen molar-refractivity contribution in [2.24, 2.45) is 18.9 Å². The molecule has 1 aliphatic carbocycles. The van der Waals surface area contributed by atoms with Crippen molar-refractivity contribution in [3.8, 4) is 17.1 Å². The number of ether oxygens (including phenoxy) is 1. The fourth-order valence-corrected chi connectivity index (χ4v) is 4.05. The fraction of sp³-hybridized carbons (Fsp3) is 0.529. The molecular weight excluding hydrogens is 322 g/mol. The van der Waals surface area contributed by atoms with Crippen LogP contribution in [0.25, 0.3) is 11.3 Å². The number of carbonyl (C=O) groups is 1. The van der Waals surface area contributed by atoms with Crippen LogP contribution in [0.15, 0.2) is 18.3 Å². The molecule has 0 bridgehead atoms. The van der Waals surface area contributed by atoms with Crippen molar-refractivity contribution >= 4 is 6.09 Å². The van der Waals surface area contributed by atoms with E-state index in [1.54, 1.807) is 4.68 Å². The number of carboxylic acid groups (broad SMARTS) is 1. The molecule has 0 radical (unpaired) electrons. The van der Waals surface area contributed by atoms with E-state index in [1.807, 2.05) is 32.3 Å². The second kappa shape index (κ2) is 6.02. The number of rotatable bonds is 3. The van der Waals surface area contributed by atoms with Gasteiger partial charge < -0.3 is 14.7 Å². The number of aryl methyl sites for hydroxylation is 2. The zero-order valence-corrected chi connectivity index (χ0v) is 14.3. The molecule has 3 heterocycles. The van der Waals surface area contributed by atoms with E-state index in [4.69, 9.17) is 9.84 Å². The van der Waals surface area contributed by atoms with Crippen LogP contribution in [0.2, 0.25) is 0 Å². The van der Waals surface area contributed by atoms with Gasteiger partial charge in [0.1, 0.15) is 6.10 Å². The molecule has 0 aromatic carbocycles. The van der Waals surface area contributed by atoms with Crippen LogP contribution >= 0.6 is 0 Å². The van der Waals surface area contributed by atoms with Gasteiger partial charge in [-0.2, -0.15) is 5.10 Å². The molecule has 2 aliphatic rings. The number of hydrogen-bond donors (Lipinski definition) is 1. The zero-order chi connectivity index (χ0) is 17.6. The third-order valence-corrected chi connectivity index (χ3v) is 5.20. The third-order valence-electron chi connectivity index (χ3n) is 5.20. The van der Waals surface area contributed by atoms with E-state index in [0.29, 0.717) is 30.8 Å². The lowest BCUT2D eigenvalue weighted by molar-refractivity contribution is 0.143. The minimum absolute atomic E-state index is 0.0891. The molecule has 1 N–H and O–H groups in total. The second-order valence-electron chi connectivity index (χ2n) is 6.98. The molecule has 2 aromatic heterocycles. The number of likely N-dealkylation sites (tertiary alicyclic amines) is 1. The maximum Gasteiger partial charge on any atom is 0.407 e. The highest BCUT2D eigenvalue weighted by Crippen LogP contribution is 2.39. The summed E-state index contributed by atoms with van der Waals surface area (Å²) in [6, 6.07) is 3.74. The van der Waals surface area contributed by atoms with Crippen molar-refractivity contribution in [3.63, 3.8) is 0 Å². The third kappa shape index (κ3) is 3.04. The largest absolute Gasteiger partial charge is 0.473 e. The topological polar surface area (TPSA) is 93.4 Å². The molecule has 1 aliphatic heterocycles. The Kier molecular flexibility index (Phi) is 3.82. The van der Waals surface area contributed by atoms with Crippen molar-refractivity contribution in [2.75, 3.05) is 13.1 Å². The van der Waals surface area contributed by atoms with Gasteiger partial charge in [-0.05, 0) is 37.7 Å². The van der Waals surface area contributed by atoms with Crippen LogP contribution in [0.4, 0.5) is 4.79 Å². The molecule has 25 heavy (non-hydrogen) atoms. The molecule has 3 atom stereocenters. The Balaban J connectivity index is 1.38. The summed E-state index contributed by atoms with van der Waals surface area (Å²) in [4.78, 5) is 12.6. The van der Waals surface area contributed by atoms with Gasteiger partial charge in [0, 0.05) is 38.0 Å². The van der Waals surface area contributed by atoms with Crippen LogP contribution < -0.4 is 4.74 Å². The van der Waals surface area contributed by atoms with Crippen LogP contribution in [0, 0.1) is 18.8 Å². The molecule has 1 saturated heterocycles. The standard InChI is InChI=1S/C17H21N5O3/c1-10-14(9-21(2)20-10)15-3-4-16(19-18-15)25-13-5-11-7-22(17(23)24)8-12(11)6-13/h3-4,9,11-13H,5-8H2,1-2H3,(H,23,24)/t11-,12+,13-. The molecule has 132 valence electrons. The first-order chi connectivity index (χ1) is 12.0. The van der Waals surface area contributed by atoms with Crippen LogP contribution in [-0.4, -0.2) is 55.3 Å². The lowest BCUT2D eigenvalue weighted by atomic mass is 10.0. The van der Waals surface area contributed by atoms with Gasteiger partial charge in [0.15, 0.2) is 0 Å². The zero-order valence-electron chi connectivity index (χ0n) is 14.3. The quantitative estimate of drug-likeness (QED) is 0.915. The molecule has 2 fully saturated rings. The minimum Gasteiger partial charge on any atom is -0.473 e. The first-order valence-corrected chi connectivity index (χ1v) is 8.48. The van der Waals surface area contributed by atoms with Crippen molar-refractivity contribution in [1.82, 2.24) is 24.9 Å². The lowest BCUT2D eigenvalue weighted by Gasteiger charge is -2.17. The molecule has 0 spiro atoms. The number of amides is 1. The van der Waals surface area contributed by atoms with E-state index in [1.165, 1.54) is 4.90 Å². The molecular formula is C17H21N5O3. The van der Waals surface area contributed by atoms with Gasteiger partial charge in [-0.15, -0.1) is 10.2 Å². The summed E-state index contributed by atoms with van der Waals surface area (Å²) in [5.41, 5.74) is 2.65. The maximum atomic E-state index is 11.1. The molecule has 1 saturated carbocycles. The normalized spacial score (nSPS) is 25.2. The van der Waals surface area contributed by atoms with Gasteiger partial charge >= 0.3 is 6.09 Å². The van der Waals surface area contributed by atoms with Crippen LogP contribution in [0.1, 0.15) is 18.5 Å². The highest BCUT2D eigenvalue weighted by molar-refractivity contribution is 5.65. The summed E-state index contributed by atoms with van der Waals surface area (Å²) in [6.45, 7) is 3.18. The van der Waals surface area contributed by atoms with Gasteiger partial charge in [-0.25, -0.2) is 4.79 Å². The predicted molar refractivity (Wildman–Crippen MR) is 89.2 cm³/mol. The fourth-order valence-electron chi connectivity index (χ4n) is 4.05. The Hall–Kier alpha value is -2.64. The van der Waals surface area contributed by atoms with Crippen LogP contribution in [-0.2, 0) is 7.05 Å². The highest BCUT2D eigenvalue weighted by atomic mass is 16.5. The van der Waals surface area contributed by atoms with Crippen LogP contribution in [0.3, 0.4) is 0 Å². The summed E-state index contributed by atoms with van der Waals surface area (Å²) >= 11 is 0. The Morgan fingerprint density at radius 2 is 1.96 bits per heavy atom. The van der Waals surface area contributed by atoms with Crippen LogP contribution in [0.5, 0.6) is 5.88 Å². The average molecular weight is 343 g/mol. The van der Waals surface area contributed by atoms with E-state index in [2.05, 4.69) is 15.3 Å². The van der Waals surface area contributed by atoms with Gasteiger partial charge in [0.05, 0.1) is 11.4 Å². The summed E-state index contributed by atoms with van der Waals surface area (Å²) in [5.74, 6) is 1.31. The summed E-state index contributed by atoms with van der Waals surface area (Å²) in [5, 5.41) is 21.8. The lowest BCUT2D eigenvalue weighted by Crippen LogP contribution is -2.29. The molecule has 0 unspecified atom stereocenters. The van der Waals surface area contributed by atoms with E-state index >= 15 is 0 Å². The van der Waals surface area contributed by atoms with Crippen molar-refractivity contribution in [1.29, 1.82) is 0 Å². The average Bonchev–Trinajstić information content (AvgIpc) is 3.21. The van der Waals surface area contributed by atoms with Gasteiger partial charge in [0.25, 0.3) is 0 Å². The molecule has 1 amide bonds. The summed E-state index contributed by atoms with van der Waals surface area (Å²) in [6.07, 6.45) is 2.94. The molecule has 4 rings (SSSR count).